The Kier molecular flexibility index (Phi) is 8.10. The maximum Gasteiger partial charge on any atom is 0.407 e. The Bertz CT molecular complexity index is 567. The molecule has 1 saturated carbocycles. The van der Waals surface area contributed by atoms with E-state index in [1.807, 2.05) is 45.0 Å². The monoisotopic (exact) mass is 381 g/mol. The first kappa shape index (κ1) is 20.9. The van der Waals surface area contributed by atoms with Gasteiger partial charge in [0, 0.05) is 6.07 Å². The van der Waals surface area contributed by atoms with Gasteiger partial charge in [-0.25, -0.2) is 4.79 Å². The van der Waals surface area contributed by atoms with E-state index in [1.54, 1.807) is 0 Å². The number of rotatable bonds is 7. The highest BCUT2D eigenvalue weighted by atomic mass is 32.2. The highest BCUT2D eigenvalue weighted by Crippen LogP contribution is 2.25. The van der Waals surface area contributed by atoms with Crippen molar-refractivity contribution in [3.8, 4) is 5.75 Å². The van der Waals surface area contributed by atoms with Crippen LogP contribution in [0.2, 0.25) is 0 Å². The number of hydrogen-bond acceptors (Lipinski definition) is 4. The van der Waals surface area contributed by atoms with Gasteiger partial charge in [-0.3, -0.25) is 0 Å². The second kappa shape index (κ2) is 10.1. The molecule has 1 unspecified atom stereocenters. The molecule has 1 aromatic carbocycles. The molecule has 1 N–H and O–H groups in total. The normalized spacial score (nSPS) is 16.8. The van der Waals surface area contributed by atoms with Crippen molar-refractivity contribution in [3.05, 3.63) is 24.3 Å². The van der Waals surface area contributed by atoms with Gasteiger partial charge in [0.05, 0.1) is 13.2 Å². The Labute approximate surface area is 160 Å². The maximum atomic E-state index is 12.4. The van der Waals surface area contributed by atoms with Crippen molar-refractivity contribution < 1.29 is 18.8 Å². The Morgan fingerprint density at radius 1 is 1.27 bits per heavy atom. The molecule has 1 atom stereocenters. The van der Waals surface area contributed by atoms with E-state index in [2.05, 4.69) is 5.32 Å². The van der Waals surface area contributed by atoms with Crippen LogP contribution in [0.1, 0.15) is 52.9 Å². The van der Waals surface area contributed by atoms with E-state index < -0.39 is 22.9 Å². The number of hydrogen-bond donors (Lipinski definition) is 1. The molecule has 1 aromatic rings. The van der Waals surface area contributed by atoms with Crippen molar-refractivity contribution >= 4 is 17.3 Å². The third-order valence-electron chi connectivity index (χ3n) is 4.23. The summed E-state index contributed by atoms with van der Waals surface area (Å²) in [5, 5.41) is 2.64. The average molecular weight is 382 g/mol. The molecule has 1 aliphatic carbocycles. The molecule has 0 aliphatic heterocycles. The minimum atomic E-state index is -1.19. The van der Waals surface area contributed by atoms with Crippen LogP contribution in [0, 0.1) is 5.92 Å². The zero-order valence-corrected chi connectivity index (χ0v) is 16.9. The van der Waals surface area contributed by atoms with E-state index in [4.69, 9.17) is 9.47 Å². The van der Waals surface area contributed by atoms with Crippen molar-refractivity contribution in [1.82, 2.24) is 5.32 Å². The van der Waals surface area contributed by atoms with E-state index in [0.717, 1.165) is 17.3 Å². The fraction of sp³-hybridized carbons (Fsp3) is 0.650. The van der Waals surface area contributed by atoms with Crippen LogP contribution in [0.5, 0.6) is 5.75 Å². The van der Waals surface area contributed by atoms with Gasteiger partial charge in [0.25, 0.3) is 0 Å². The van der Waals surface area contributed by atoms with Crippen LogP contribution in [0.3, 0.4) is 0 Å². The number of alkyl carbamates (subject to hydrolysis) is 1. The quantitative estimate of drug-likeness (QED) is 0.716. The van der Waals surface area contributed by atoms with Crippen molar-refractivity contribution in [1.29, 1.82) is 0 Å². The molecule has 146 valence electrons. The third kappa shape index (κ3) is 7.87. The summed E-state index contributed by atoms with van der Waals surface area (Å²) in [7, 11) is 0. The van der Waals surface area contributed by atoms with Gasteiger partial charge in [-0.1, -0.05) is 25.3 Å². The fourth-order valence-corrected chi connectivity index (χ4v) is 3.95. The van der Waals surface area contributed by atoms with Crippen molar-refractivity contribution in [3.63, 3.8) is 0 Å². The van der Waals surface area contributed by atoms with Crippen LogP contribution < -0.4 is 10.1 Å². The van der Waals surface area contributed by atoms with E-state index in [-0.39, 0.29) is 0 Å². The summed E-state index contributed by atoms with van der Waals surface area (Å²) in [6, 6.07) is 7.44. The Balaban J connectivity index is 1.76. The molecular weight excluding hydrogens is 350 g/mol. The molecule has 0 heterocycles. The maximum absolute atomic E-state index is 12.4. The highest BCUT2D eigenvalue weighted by Gasteiger charge is 2.18. The summed E-state index contributed by atoms with van der Waals surface area (Å²) >= 11 is -1.19. The van der Waals surface area contributed by atoms with Crippen LogP contribution in [-0.2, 0) is 15.9 Å². The first-order chi connectivity index (χ1) is 12.3. The van der Waals surface area contributed by atoms with Gasteiger partial charge in [0.1, 0.15) is 17.1 Å². The molecule has 0 radical (unpaired) electrons. The summed E-state index contributed by atoms with van der Waals surface area (Å²) in [5.41, 5.74) is -0.534. The fourth-order valence-electron chi connectivity index (χ4n) is 2.95. The molecule has 0 saturated heterocycles. The molecular formula is C20H31NO4S. The largest absolute Gasteiger partial charge is 0.611 e. The predicted molar refractivity (Wildman–Crippen MR) is 104 cm³/mol. The summed E-state index contributed by atoms with van der Waals surface area (Å²) in [6.07, 6.45) is 5.91. The smallest absolute Gasteiger partial charge is 0.407 e. The zero-order valence-electron chi connectivity index (χ0n) is 16.1. The SMILES string of the molecule is CC(C)(C)OC(=O)NCC[S+]([O-])c1cccc(OCC2CCCCC2)c1. The van der Waals surface area contributed by atoms with Gasteiger partial charge in [0.15, 0.2) is 4.90 Å². The van der Waals surface area contributed by atoms with Gasteiger partial charge in [0.2, 0.25) is 0 Å². The number of carbonyl (C=O) groups excluding carboxylic acids is 1. The van der Waals surface area contributed by atoms with Gasteiger partial charge < -0.3 is 19.3 Å². The molecule has 0 aromatic heterocycles. The van der Waals surface area contributed by atoms with Crippen LogP contribution >= 0.6 is 0 Å². The molecule has 1 aliphatic rings. The summed E-state index contributed by atoms with van der Waals surface area (Å²) < 4.78 is 23.5. The number of ether oxygens (including phenoxy) is 2. The molecule has 5 nitrogen and oxygen atoms in total. The highest BCUT2D eigenvalue weighted by molar-refractivity contribution is 7.91. The molecule has 1 fully saturated rings. The van der Waals surface area contributed by atoms with Crippen molar-refractivity contribution in [2.45, 2.75) is 63.4 Å². The van der Waals surface area contributed by atoms with E-state index in [9.17, 15) is 9.35 Å². The second-order valence-corrected chi connectivity index (χ2v) is 9.34. The number of amides is 1. The Morgan fingerprint density at radius 2 is 2.00 bits per heavy atom. The summed E-state index contributed by atoms with van der Waals surface area (Å²) in [4.78, 5) is 12.3. The van der Waals surface area contributed by atoms with Gasteiger partial charge >= 0.3 is 6.09 Å². The zero-order chi connectivity index (χ0) is 19.0. The van der Waals surface area contributed by atoms with E-state index in [1.165, 1.54) is 32.1 Å². The number of nitrogens with one attached hydrogen (secondary N) is 1. The number of carbonyl (C=O) groups is 1. The minimum Gasteiger partial charge on any atom is -0.611 e. The Hall–Kier alpha value is -1.40. The lowest BCUT2D eigenvalue weighted by Crippen LogP contribution is -2.35. The second-order valence-electron chi connectivity index (χ2n) is 7.77. The van der Waals surface area contributed by atoms with E-state index in [0.29, 0.717) is 18.2 Å². The lowest BCUT2D eigenvalue weighted by Gasteiger charge is -2.22. The molecule has 26 heavy (non-hydrogen) atoms. The predicted octanol–water partition coefficient (Wildman–Crippen LogP) is 4.28. The molecule has 1 amide bonds. The van der Waals surface area contributed by atoms with Crippen molar-refractivity contribution in [2.24, 2.45) is 5.92 Å². The molecule has 6 heteroatoms. The van der Waals surface area contributed by atoms with Crippen LogP contribution in [0.4, 0.5) is 4.79 Å². The summed E-state index contributed by atoms with van der Waals surface area (Å²) in [5.74, 6) is 1.74. The van der Waals surface area contributed by atoms with Crippen LogP contribution in [0.15, 0.2) is 29.2 Å². The lowest BCUT2D eigenvalue weighted by molar-refractivity contribution is 0.0531. The van der Waals surface area contributed by atoms with Crippen LogP contribution in [0.25, 0.3) is 0 Å². The topological polar surface area (TPSA) is 70.6 Å². The number of benzene rings is 1. The van der Waals surface area contributed by atoms with Crippen molar-refractivity contribution in [2.75, 3.05) is 18.9 Å². The first-order valence-electron chi connectivity index (χ1n) is 9.41. The summed E-state index contributed by atoms with van der Waals surface area (Å²) in [6.45, 7) is 6.46. The Morgan fingerprint density at radius 3 is 2.69 bits per heavy atom. The van der Waals surface area contributed by atoms with Gasteiger partial charge in [-0.05, 0) is 62.8 Å². The molecule has 0 spiro atoms. The average Bonchev–Trinajstić information content (AvgIpc) is 2.59. The van der Waals surface area contributed by atoms with E-state index >= 15 is 0 Å². The molecule has 2 rings (SSSR count). The standard InChI is InChI=1S/C20H31NO4S/c1-20(2,3)25-19(22)21-12-13-26(23)18-11-7-10-17(14-18)24-15-16-8-5-4-6-9-16/h7,10-11,14,16H,4-6,8-9,12-13,15H2,1-3H3,(H,21,22). The lowest BCUT2D eigenvalue weighted by atomic mass is 9.90. The van der Waals surface area contributed by atoms with Crippen LogP contribution in [-0.4, -0.2) is 35.2 Å². The van der Waals surface area contributed by atoms with Gasteiger partial charge in [-0.15, -0.1) is 0 Å². The third-order valence-corrected chi connectivity index (χ3v) is 5.59. The van der Waals surface area contributed by atoms with Gasteiger partial charge in [-0.2, -0.15) is 0 Å². The molecule has 0 bridgehead atoms. The first-order valence-corrected chi connectivity index (χ1v) is 10.7. The minimum absolute atomic E-state index is 0.300.